The minimum absolute atomic E-state index is 0. The molecule has 0 aromatic heterocycles. The van der Waals surface area contributed by atoms with Crippen LogP contribution in [0.4, 0.5) is 0 Å². The summed E-state index contributed by atoms with van der Waals surface area (Å²) in [6.07, 6.45) is 9.62. The minimum atomic E-state index is -4.33. The third-order valence-electron chi connectivity index (χ3n) is 5.76. The van der Waals surface area contributed by atoms with Crippen molar-refractivity contribution < 1.29 is 12.4 Å². The average molecular weight is 664 g/mol. The Hall–Kier alpha value is 0.608. The van der Waals surface area contributed by atoms with E-state index in [2.05, 4.69) is 56.3 Å². The SMILES string of the molecule is CCCc1c(-c2cc3ccc2CCc2ccc(cc2)CC3)[c+]1CCC.[Cl-].[Cl][Sb]([Cl])([Cl])([Cl])[Cl]. The number of hydrogen-bond donors (Lipinski definition) is 0. The normalized spacial score (nSPS) is 14.5. The van der Waals surface area contributed by atoms with Gasteiger partial charge in [-0.3, -0.25) is 0 Å². The van der Waals surface area contributed by atoms with E-state index < -0.39 is 11.7 Å². The number of rotatable bonds is 5. The summed E-state index contributed by atoms with van der Waals surface area (Å²) in [4.78, 5) is 0. The molecule has 0 unspecified atom stereocenters. The molecule has 0 aliphatic heterocycles. The standard InChI is InChI=1S/C25H29.6ClH.Sb/c1-3-5-22-23(6-4-2)25(22)24-17-20-12-11-18-7-9-19(10-8-18)13-15-21(24)16-14-20;;;;;;;/h7-10,14,16-17H,3-6,11-13,15H2,1-2H3;6*1H;/q+1;;;;;;;+5/p-6. The van der Waals surface area contributed by atoms with Gasteiger partial charge < -0.3 is 12.4 Å². The molecule has 0 saturated heterocycles. The summed E-state index contributed by atoms with van der Waals surface area (Å²) in [5.41, 5.74) is 12.5. The summed E-state index contributed by atoms with van der Waals surface area (Å²) in [5, 5.41) is 0. The molecule has 0 radical (unpaired) electrons. The third kappa shape index (κ3) is 9.34. The number of halogens is 6. The van der Waals surface area contributed by atoms with E-state index in [-0.39, 0.29) is 12.4 Å². The fourth-order valence-electron chi connectivity index (χ4n) is 4.32. The van der Waals surface area contributed by atoms with Crippen LogP contribution in [0.5, 0.6) is 0 Å². The zero-order valence-corrected chi connectivity index (χ0v) is 25.5. The molecule has 4 bridgehead atoms. The fourth-order valence-corrected chi connectivity index (χ4v) is 4.32. The Labute approximate surface area is 218 Å². The molecule has 4 aliphatic rings. The van der Waals surface area contributed by atoms with Gasteiger partial charge in [0.15, 0.2) is 5.56 Å². The van der Waals surface area contributed by atoms with E-state index in [4.69, 9.17) is 44.1 Å². The van der Waals surface area contributed by atoms with Crippen LogP contribution in [0.2, 0.25) is 0 Å². The topological polar surface area (TPSA) is 0 Å². The maximum atomic E-state index is 5.05. The monoisotopic (exact) mass is 660 g/mol. The van der Waals surface area contributed by atoms with E-state index in [1.807, 2.05) is 0 Å². The van der Waals surface area contributed by atoms with Gasteiger partial charge in [-0.2, -0.15) is 0 Å². The van der Waals surface area contributed by atoms with Crippen molar-refractivity contribution >= 4 is 55.8 Å². The molecule has 0 fully saturated rings. The van der Waals surface area contributed by atoms with Gasteiger partial charge in [0.2, 0.25) is 0 Å². The molecule has 0 spiro atoms. The zero-order chi connectivity index (χ0) is 22.7. The van der Waals surface area contributed by atoms with Crippen LogP contribution in [0.1, 0.15) is 60.1 Å². The van der Waals surface area contributed by atoms with Crippen LogP contribution in [-0.2, 0) is 38.5 Å². The molecule has 0 heterocycles. The van der Waals surface area contributed by atoms with Gasteiger partial charge in [0, 0.05) is 24.5 Å². The van der Waals surface area contributed by atoms with Gasteiger partial charge in [-0.15, -0.1) is 0 Å². The van der Waals surface area contributed by atoms with Crippen LogP contribution in [0.3, 0.4) is 0 Å². The van der Waals surface area contributed by atoms with E-state index in [1.165, 1.54) is 42.4 Å². The molecule has 176 valence electrons. The molecule has 4 aliphatic carbocycles. The first-order valence-electron chi connectivity index (χ1n) is 10.9. The van der Waals surface area contributed by atoms with Crippen molar-refractivity contribution in [3.63, 3.8) is 0 Å². The van der Waals surface area contributed by atoms with Crippen molar-refractivity contribution in [1.82, 2.24) is 0 Å². The van der Waals surface area contributed by atoms with Gasteiger partial charge in [0.05, 0.1) is 0 Å². The first-order chi connectivity index (χ1) is 14.5. The Kier molecular flexibility index (Phi) is 10.8. The van der Waals surface area contributed by atoms with Crippen molar-refractivity contribution in [1.29, 1.82) is 0 Å². The summed E-state index contributed by atoms with van der Waals surface area (Å²) < 4.78 is 0. The van der Waals surface area contributed by atoms with Crippen LogP contribution < -0.4 is 12.4 Å². The van der Waals surface area contributed by atoms with Gasteiger partial charge in [-0.1, -0.05) is 44.2 Å². The average Bonchev–Trinajstić information content (AvgIpc) is 3.34. The number of benzene rings is 2. The molecule has 0 atom stereocenters. The molecule has 0 amide bonds. The second-order valence-electron chi connectivity index (χ2n) is 8.28. The molecule has 0 saturated carbocycles. The fraction of sp³-hybridized carbons (Fsp3) is 0.400. The number of aryl methyl sites for hydroxylation is 4. The van der Waals surface area contributed by atoms with Crippen molar-refractivity contribution in [3.05, 3.63) is 75.8 Å². The first-order valence-corrected chi connectivity index (χ1v) is 27.1. The van der Waals surface area contributed by atoms with Gasteiger partial charge in [-0.05, 0) is 61.3 Å². The summed E-state index contributed by atoms with van der Waals surface area (Å²) >= 11 is -4.33. The first kappa shape index (κ1) is 28.8. The van der Waals surface area contributed by atoms with Gasteiger partial charge in [0.25, 0.3) is 0 Å². The maximum absolute atomic E-state index is 5.05. The second-order valence-corrected chi connectivity index (χ2v) is 46.2. The van der Waals surface area contributed by atoms with Gasteiger partial charge in [-0.25, -0.2) is 0 Å². The molecule has 3 aromatic carbocycles. The summed E-state index contributed by atoms with van der Waals surface area (Å²) in [5.74, 6) is 0. The van der Waals surface area contributed by atoms with Gasteiger partial charge >= 0.3 is 55.8 Å². The molecule has 0 N–H and O–H groups in total. The van der Waals surface area contributed by atoms with Crippen LogP contribution >= 0.6 is 44.1 Å². The Morgan fingerprint density at radius 3 is 1.78 bits per heavy atom. The second kappa shape index (κ2) is 12.0. The predicted molar refractivity (Wildman–Crippen MR) is 143 cm³/mol. The predicted octanol–water partition coefficient (Wildman–Crippen LogP) is 6.37. The third-order valence-corrected chi connectivity index (χ3v) is 5.76. The van der Waals surface area contributed by atoms with Crippen LogP contribution in [0.15, 0.2) is 42.5 Å². The van der Waals surface area contributed by atoms with Gasteiger partial charge in [0.1, 0.15) is 16.7 Å². The Morgan fingerprint density at radius 2 is 1.25 bits per heavy atom. The summed E-state index contributed by atoms with van der Waals surface area (Å²) in [7, 11) is 25.2. The Balaban J connectivity index is 0.000000461. The van der Waals surface area contributed by atoms with E-state index in [0.717, 1.165) is 25.7 Å². The zero-order valence-electron chi connectivity index (χ0n) is 18.4. The van der Waals surface area contributed by atoms with Crippen LogP contribution in [0.25, 0.3) is 11.1 Å². The van der Waals surface area contributed by atoms with E-state index >= 15 is 0 Å². The van der Waals surface area contributed by atoms with Crippen molar-refractivity contribution in [2.75, 3.05) is 0 Å². The molecule has 7 rings (SSSR count). The summed E-state index contributed by atoms with van der Waals surface area (Å²) in [6.45, 7) is 4.61. The Bertz CT molecular complexity index is 947. The summed E-state index contributed by atoms with van der Waals surface area (Å²) in [6, 6.07) is 16.6. The number of hydrogen-bond acceptors (Lipinski definition) is 0. The molecule has 7 heteroatoms. The van der Waals surface area contributed by atoms with E-state index in [9.17, 15) is 0 Å². The van der Waals surface area contributed by atoms with Crippen molar-refractivity contribution in [2.24, 2.45) is 0 Å². The van der Waals surface area contributed by atoms with E-state index in [0.29, 0.717) is 0 Å². The molecular weight excluding hydrogens is 635 g/mol. The molecule has 3 aromatic rings. The van der Waals surface area contributed by atoms with Crippen molar-refractivity contribution in [2.45, 2.75) is 65.2 Å². The molecular formula is C25H29Cl6Sb. The van der Waals surface area contributed by atoms with E-state index in [1.54, 1.807) is 27.8 Å². The molecule has 32 heavy (non-hydrogen) atoms. The quantitative estimate of drug-likeness (QED) is 0.220. The van der Waals surface area contributed by atoms with Crippen molar-refractivity contribution in [3.8, 4) is 11.1 Å². The van der Waals surface area contributed by atoms with Crippen LogP contribution in [-0.4, -0.2) is 11.7 Å². The Morgan fingerprint density at radius 1 is 0.750 bits per heavy atom. The molecule has 0 nitrogen and oxygen atoms in total. The van der Waals surface area contributed by atoms with Crippen LogP contribution in [0, 0.1) is 0 Å².